The minimum atomic E-state index is -3.81. The summed E-state index contributed by atoms with van der Waals surface area (Å²) in [6, 6.07) is 7.84. The monoisotopic (exact) mass is 360 g/mol. The van der Waals surface area contributed by atoms with E-state index in [9.17, 15) is 8.42 Å². The molecule has 0 radical (unpaired) electrons. The number of sulfonamides is 1. The Morgan fingerprint density at radius 3 is 2.70 bits per heavy atom. The average molecular weight is 361 g/mol. The molecule has 1 aromatic carbocycles. The molecule has 8 heteroatoms. The Kier molecular flexibility index (Phi) is 4.36. The average Bonchev–Trinajstić information content (AvgIpc) is 2.91. The van der Waals surface area contributed by atoms with Crippen LogP contribution in [0, 0.1) is 0 Å². The van der Waals surface area contributed by atoms with Crippen LogP contribution in [-0.4, -0.2) is 15.5 Å². The molecular weight excluding hydrogens is 348 g/mol. The maximum absolute atomic E-state index is 12.2. The molecule has 1 aromatic heterocycles. The van der Waals surface area contributed by atoms with Gasteiger partial charge in [0.25, 0.3) is 10.0 Å². The Morgan fingerprint density at radius 2 is 2.10 bits per heavy atom. The Balaban J connectivity index is 2.32. The zero-order valence-corrected chi connectivity index (χ0v) is 13.0. The topological polar surface area (TPSA) is 94.6 Å². The fraction of sp³-hybridized carbons (Fsp3) is 0.167. The number of methoxy groups -OCH3 is 1. The van der Waals surface area contributed by atoms with Crippen LogP contribution in [-0.2, 0) is 16.6 Å². The predicted molar refractivity (Wildman–Crippen MR) is 78.1 cm³/mol. The molecule has 0 fully saturated rings. The number of benzene rings is 1. The molecule has 3 N–H and O–H groups in total. The van der Waals surface area contributed by atoms with E-state index >= 15 is 0 Å². The number of rotatable bonds is 5. The molecule has 0 saturated heterocycles. The third kappa shape index (κ3) is 3.14. The summed E-state index contributed by atoms with van der Waals surface area (Å²) in [7, 11) is -2.31. The normalized spacial score (nSPS) is 11.3. The number of anilines is 1. The van der Waals surface area contributed by atoms with Gasteiger partial charge in [-0.2, -0.15) is 8.42 Å². The molecule has 0 aliphatic rings. The van der Waals surface area contributed by atoms with Crippen molar-refractivity contribution in [2.75, 3.05) is 11.8 Å². The van der Waals surface area contributed by atoms with Gasteiger partial charge in [-0.15, -0.1) is 0 Å². The molecule has 0 amide bonds. The van der Waals surface area contributed by atoms with E-state index in [4.69, 9.17) is 14.9 Å². The molecule has 1 heterocycles. The van der Waals surface area contributed by atoms with Crippen LogP contribution in [0.1, 0.15) is 5.76 Å². The highest BCUT2D eigenvalue weighted by atomic mass is 79.9. The van der Waals surface area contributed by atoms with Crippen molar-refractivity contribution in [2.24, 2.45) is 5.73 Å². The van der Waals surface area contributed by atoms with Gasteiger partial charge in [0.05, 0.1) is 19.3 Å². The SMILES string of the molecule is COc1ccc(Br)c(NS(=O)(=O)c2ccc(CN)o2)c1. The third-order valence-electron chi connectivity index (χ3n) is 2.52. The Morgan fingerprint density at radius 1 is 1.35 bits per heavy atom. The summed E-state index contributed by atoms with van der Waals surface area (Å²) in [5, 5.41) is -0.187. The lowest BCUT2D eigenvalue weighted by Crippen LogP contribution is -2.12. The van der Waals surface area contributed by atoms with Crippen LogP contribution in [0.25, 0.3) is 0 Å². The summed E-state index contributed by atoms with van der Waals surface area (Å²) < 4.78 is 37.6. The molecular formula is C12H13BrN2O4S. The maximum atomic E-state index is 12.2. The quantitative estimate of drug-likeness (QED) is 0.852. The van der Waals surface area contributed by atoms with E-state index in [2.05, 4.69) is 20.7 Å². The van der Waals surface area contributed by atoms with Crippen molar-refractivity contribution in [1.29, 1.82) is 0 Å². The summed E-state index contributed by atoms with van der Waals surface area (Å²) in [5.74, 6) is 0.933. The first-order valence-electron chi connectivity index (χ1n) is 5.61. The van der Waals surface area contributed by atoms with Gasteiger partial charge in [-0.3, -0.25) is 4.72 Å². The molecule has 0 saturated carbocycles. The van der Waals surface area contributed by atoms with Crippen LogP contribution in [0.3, 0.4) is 0 Å². The van der Waals surface area contributed by atoms with Crippen LogP contribution in [0.15, 0.2) is 44.3 Å². The molecule has 2 rings (SSSR count). The molecule has 0 aliphatic carbocycles. The Labute approximate surface area is 125 Å². The van der Waals surface area contributed by atoms with Gasteiger partial charge >= 0.3 is 0 Å². The second kappa shape index (κ2) is 5.86. The van der Waals surface area contributed by atoms with Crippen LogP contribution in [0.2, 0.25) is 0 Å². The van der Waals surface area contributed by atoms with E-state index in [0.29, 0.717) is 21.7 Å². The maximum Gasteiger partial charge on any atom is 0.295 e. The molecule has 0 spiro atoms. The molecule has 6 nitrogen and oxygen atoms in total. The number of ether oxygens (including phenoxy) is 1. The van der Waals surface area contributed by atoms with Crippen molar-refractivity contribution < 1.29 is 17.6 Å². The molecule has 0 unspecified atom stereocenters. The van der Waals surface area contributed by atoms with Gasteiger partial charge in [-0.25, -0.2) is 0 Å². The smallest absolute Gasteiger partial charge is 0.295 e. The van der Waals surface area contributed by atoms with Gasteiger partial charge in [-0.1, -0.05) is 0 Å². The van der Waals surface area contributed by atoms with E-state index in [1.807, 2.05) is 0 Å². The first-order valence-corrected chi connectivity index (χ1v) is 7.89. The van der Waals surface area contributed by atoms with Crippen molar-refractivity contribution >= 4 is 31.6 Å². The zero-order valence-electron chi connectivity index (χ0n) is 10.6. The predicted octanol–water partition coefficient (Wildman–Crippen LogP) is 2.31. The zero-order chi connectivity index (χ0) is 14.8. The number of hydrogen-bond acceptors (Lipinski definition) is 5. The molecule has 0 aliphatic heterocycles. The number of halogens is 1. The summed E-state index contributed by atoms with van der Waals surface area (Å²) in [6.07, 6.45) is 0. The fourth-order valence-electron chi connectivity index (χ4n) is 1.52. The van der Waals surface area contributed by atoms with Gasteiger partial charge in [0, 0.05) is 10.5 Å². The van der Waals surface area contributed by atoms with Gasteiger partial charge in [0.2, 0.25) is 5.09 Å². The van der Waals surface area contributed by atoms with E-state index in [0.717, 1.165) is 0 Å². The van der Waals surface area contributed by atoms with E-state index in [-0.39, 0.29) is 11.6 Å². The van der Waals surface area contributed by atoms with Crippen molar-refractivity contribution in [2.45, 2.75) is 11.6 Å². The van der Waals surface area contributed by atoms with E-state index < -0.39 is 10.0 Å². The van der Waals surface area contributed by atoms with Crippen LogP contribution in [0.4, 0.5) is 5.69 Å². The molecule has 20 heavy (non-hydrogen) atoms. The summed E-state index contributed by atoms with van der Waals surface area (Å²) >= 11 is 3.27. The highest BCUT2D eigenvalue weighted by molar-refractivity contribution is 9.10. The largest absolute Gasteiger partial charge is 0.497 e. The van der Waals surface area contributed by atoms with Crippen LogP contribution in [0.5, 0.6) is 5.75 Å². The van der Waals surface area contributed by atoms with E-state index in [1.165, 1.54) is 19.2 Å². The highest BCUT2D eigenvalue weighted by Crippen LogP contribution is 2.29. The number of hydrogen-bond donors (Lipinski definition) is 2. The van der Waals surface area contributed by atoms with Crippen LogP contribution >= 0.6 is 15.9 Å². The van der Waals surface area contributed by atoms with Crippen molar-refractivity contribution in [3.8, 4) is 5.75 Å². The summed E-state index contributed by atoms with van der Waals surface area (Å²) in [6.45, 7) is 0.137. The molecule has 108 valence electrons. The summed E-state index contributed by atoms with van der Waals surface area (Å²) in [4.78, 5) is 0. The Bertz CT molecular complexity index is 712. The minimum Gasteiger partial charge on any atom is -0.497 e. The minimum absolute atomic E-state index is 0.137. The van der Waals surface area contributed by atoms with Gasteiger partial charge in [0.15, 0.2) is 0 Å². The second-order valence-electron chi connectivity index (χ2n) is 3.88. The summed E-state index contributed by atoms with van der Waals surface area (Å²) in [5.41, 5.74) is 5.74. The fourth-order valence-corrected chi connectivity index (χ4v) is 3.02. The van der Waals surface area contributed by atoms with Gasteiger partial charge < -0.3 is 14.9 Å². The number of nitrogens with two attached hydrogens (primary N) is 1. The van der Waals surface area contributed by atoms with Gasteiger partial charge in [0.1, 0.15) is 11.5 Å². The Hall–Kier alpha value is -1.51. The lowest BCUT2D eigenvalue weighted by atomic mass is 10.3. The molecule has 2 aromatic rings. The second-order valence-corrected chi connectivity index (χ2v) is 6.34. The number of furan rings is 1. The lowest BCUT2D eigenvalue weighted by molar-refractivity contribution is 0.414. The third-order valence-corrected chi connectivity index (χ3v) is 4.45. The van der Waals surface area contributed by atoms with Gasteiger partial charge in [-0.05, 0) is 40.2 Å². The van der Waals surface area contributed by atoms with Crippen molar-refractivity contribution in [3.63, 3.8) is 0 Å². The highest BCUT2D eigenvalue weighted by Gasteiger charge is 2.20. The number of nitrogens with one attached hydrogen (secondary N) is 1. The van der Waals surface area contributed by atoms with Crippen molar-refractivity contribution in [1.82, 2.24) is 0 Å². The van der Waals surface area contributed by atoms with Crippen LogP contribution < -0.4 is 15.2 Å². The first kappa shape index (κ1) is 14.9. The van der Waals surface area contributed by atoms with E-state index in [1.54, 1.807) is 18.2 Å². The first-order chi connectivity index (χ1) is 9.46. The van der Waals surface area contributed by atoms with Crippen molar-refractivity contribution in [3.05, 3.63) is 40.6 Å². The lowest BCUT2D eigenvalue weighted by Gasteiger charge is -2.09. The molecule has 0 bridgehead atoms. The molecule has 0 atom stereocenters. The standard InChI is InChI=1S/C12H13BrN2O4S/c1-18-8-2-4-10(13)11(6-8)15-20(16,17)12-5-3-9(7-14)19-12/h2-6,15H,7,14H2,1H3.